The zero-order chi connectivity index (χ0) is 18.5. The highest BCUT2D eigenvalue weighted by atomic mass is 35.5. The molecule has 0 amide bonds. The summed E-state index contributed by atoms with van der Waals surface area (Å²) in [7, 11) is 0. The van der Waals surface area contributed by atoms with Gasteiger partial charge < -0.3 is 10.1 Å². The van der Waals surface area contributed by atoms with Crippen LogP contribution in [-0.4, -0.2) is 33.2 Å². The first kappa shape index (κ1) is 17.3. The molecule has 7 heteroatoms. The van der Waals surface area contributed by atoms with Crippen LogP contribution in [-0.2, 0) is 9.53 Å². The molecule has 0 aromatic carbocycles. The van der Waals surface area contributed by atoms with Gasteiger partial charge in [-0.25, -0.2) is 4.52 Å². The van der Waals surface area contributed by atoms with Crippen molar-refractivity contribution >= 4 is 28.9 Å². The van der Waals surface area contributed by atoms with Gasteiger partial charge in [-0.05, 0) is 81.0 Å². The van der Waals surface area contributed by atoms with Crippen LogP contribution in [0.4, 0.5) is 5.82 Å². The fourth-order valence-electron chi connectivity index (χ4n) is 5.18. The molecule has 0 unspecified atom stereocenters. The average Bonchev–Trinajstić information content (AvgIpc) is 3.42. The molecule has 4 aliphatic carbocycles. The van der Waals surface area contributed by atoms with Crippen molar-refractivity contribution < 1.29 is 9.53 Å². The Bertz CT molecular complexity index is 870. The molecule has 6 rings (SSSR count). The zero-order valence-corrected chi connectivity index (χ0v) is 16.3. The maximum Gasteiger partial charge on any atom is 0.311 e. The molecule has 2 aromatic rings. The Labute approximate surface area is 163 Å². The minimum Gasteiger partial charge on any atom is -0.466 e. The number of esters is 1. The molecule has 0 aliphatic heterocycles. The minimum atomic E-state index is -0.107. The monoisotopic (exact) mass is 388 g/mol. The Morgan fingerprint density at radius 1 is 1.22 bits per heavy atom. The topological polar surface area (TPSA) is 68.5 Å². The Morgan fingerprint density at radius 2 is 1.96 bits per heavy atom. The number of halogens is 1. The molecular formula is C20H25ClN4O2. The maximum atomic E-state index is 12.7. The Morgan fingerprint density at radius 3 is 2.67 bits per heavy atom. The van der Waals surface area contributed by atoms with Gasteiger partial charge in [-0.2, -0.15) is 4.98 Å². The molecule has 1 N–H and O–H groups in total. The third-order valence-corrected chi connectivity index (χ3v) is 6.75. The summed E-state index contributed by atoms with van der Waals surface area (Å²) >= 11 is 6.25. The highest BCUT2D eigenvalue weighted by molar-refractivity contribution is 6.28. The molecule has 2 heterocycles. The van der Waals surface area contributed by atoms with E-state index in [0.717, 1.165) is 37.0 Å². The number of nitrogens with zero attached hydrogens (tertiary/aromatic N) is 3. The van der Waals surface area contributed by atoms with E-state index in [0.29, 0.717) is 24.4 Å². The number of carbonyl (C=O) groups excluding carboxylic acids is 1. The molecular weight excluding hydrogens is 364 g/mol. The zero-order valence-electron chi connectivity index (χ0n) is 15.5. The van der Waals surface area contributed by atoms with Crippen LogP contribution >= 0.6 is 11.6 Å². The van der Waals surface area contributed by atoms with Gasteiger partial charge in [0.15, 0.2) is 5.82 Å². The summed E-state index contributed by atoms with van der Waals surface area (Å²) in [6.45, 7) is 2.29. The van der Waals surface area contributed by atoms with E-state index < -0.39 is 0 Å². The molecule has 144 valence electrons. The van der Waals surface area contributed by atoms with Gasteiger partial charge in [0.2, 0.25) is 5.28 Å². The van der Waals surface area contributed by atoms with Crippen molar-refractivity contribution in [1.82, 2.24) is 14.6 Å². The lowest BCUT2D eigenvalue weighted by Crippen LogP contribution is -2.52. The summed E-state index contributed by atoms with van der Waals surface area (Å²) < 4.78 is 7.34. The van der Waals surface area contributed by atoms with E-state index in [4.69, 9.17) is 16.3 Å². The first-order chi connectivity index (χ1) is 13.2. The van der Waals surface area contributed by atoms with Crippen LogP contribution in [0.3, 0.4) is 0 Å². The SMILES string of the molecule is CCOC(=O)[C@H]1[C@H]2CC[C@H](CC2)[C@@H]1Nc1nc(Cl)nn2c(C3CC3)ccc12. The van der Waals surface area contributed by atoms with Crippen LogP contribution < -0.4 is 5.32 Å². The first-order valence-electron chi connectivity index (χ1n) is 10.1. The van der Waals surface area contributed by atoms with Crippen molar-refractivity contribution in [3.8, 4) is 0 Å². The predicted octanol–water partition coefficient (Wildman–Crippen LogP) is 4.04. The highest BCUT2D eigenvalue weighted by Crippen LogP contribution is 2.47. The predicted molar refractivity (Wildman–Crippen MR) is 103 cm³/mol. The van der Waals surface area contributed by atoms with Crippen molar-refractivity contribution in [2.75, 3.05) is 11.9 Å². The molecule has 2 aromatic heterocycles. The number of anilines is 1. The maximum absolute atomic E-state index is 12.7. The van der Waals surface area contributed by atoms with E-state index in [1.54, 1.807) is 0 Å². The Hall–Kier alpha value is -1.82. The second-order valence-electron chi connectivity index (χ2n) is 8.18. The summed E-state index contributed by atoms with van der Waals surface area (Å²) in [6.07, 6.45) is 6.94. The van der Waals surface area contributed by atoms with Gasteiger partial charge in [0.05, 0.1) is 12.5 Å². The molecule has 0 radical (unpaired) electrons. The van der Waals surface area contributed by atoms with Crippen molar-refractivity contribution in [3.63, 3.8) is 0 Å². The molecule has 2 bridgehead atoms. The van der Waals surface area contributed by atoms with Crippen molar-refractivity contribution in [1.29, 1.82) is 0 Å². The molecule has 2 atom stereocenters. The quantitative estimate of drug-likeness (QED) is 0.783. The first-order valence-corrected chi connectivity index (χ1v) is 10.5. The van der Waals surface area contributed by atoms with E-state index in [1.807, 2.05) is 11.4 Å². The lowest BCUT2D eigenvalue weighted by molar-refractivity contribution is -0.154. The van der Waals surface area contributed by atoms with Gasteiger partial charge in [-0.15, -0.1) is 5.10 Å². The summed E-state index contributed by atoms with van der Waals surface area (Å²) in [5.74, 6) is 1.99. The second-order valence-corrected chi connectivity index (χ2v) is 8.52. The van der Waals surface area contributed by atoms with Gasteiger partial charge in [0.1, 0.15) is 5.52 Å². The number of ether oxygens (including phenoxy) is 1. The summed E-state index contributed by atoms with van der Waals surface area (Å²) in [5, 5.41) is 8.26. The fourth-order valence-corrected chi connectivity index (χ4v) is 5.34. The minimum absolute atomic E-state index is 0.0468. The van der Waals surface area contributed by atoms with Gasteiger partial charge >= 0.3 is 5.97 Å². The normalized spacial score (nSPS) is 29.9. The summed E-state index contributed by atoms with van der Waals surface area (Å²) in [4.78, 5) is 17.2. The molecule has 4 saturated carbocycles. The molecule has 0 saturated heterocycles. The number of fused-ring (bicyclic) bond motifs is 4. The molecule has 4 fully saturated rings. The van der Waals surface area contributed by atoms with Crippen LogP contribution in [0.2, 0.25) is 5.28 Å². The van der Waals surface area contributed by atoms with Crippen LogP contribution in [0.25, 0.3) is 5.52 Å². The molecule has 27 heavy (non-hydrogen) atoms. The fraction of sp³-hybridized carbons (Fsp3) is 0.650. The molecule has 6 nitrogen and oxygen atoms in total. The van der Waals surface area contributed by atoms with Crippen molar-refractivity contribution in [3.05, 3.63) is 23.1 Å². The van der Waals surface area contributed by atoms with Crippen LogP contribution in [0.15, 0.2) is 12.1 Å². The van der Waals surface area contributed by atoms with E-state index >= 15 is 0 Å². The lowest BCUT2D eigenvalue weighted by Gasteiger charge is -2.47. The van der Waals surface area contributed by atoms with E-state index in [2.05, 4.69) is 27.5 Å². The largest absolute Gasteiger partial charge is 0.466 e. The smallest absolute Gasteiger partial charge is 0.311 e. The van der Waals surface area contributed by atoms with E-state index in [-0.39, 0.29) is 23.2 Å². The number of hydrogen-bond acceptors (Lipinski definition) is 5. The third kappa shape index (κ3) is 2.98. The number of nitrogens with one attached hydrogen (secondary N) is 1. The summed E-state index contributed by atoms with van der Waals surface area (Å²) in [6, 6.07) is 4.23. The van der Waals surface area contributed by atoms with Crippen LogP contribution in [0.1, 0.15) is 57.1 Å². The van der Waals surface area contributed by atoms with Gasteiger partial charge in [-0.1, -0.05) is 0 Å². The number of hydrogen-bond donors (Lipinski definition) is 1. The Kier molecular flexibility index (Phi) is 4.26. The van der Waals surface area contributed by atoms with Gasteiger partial charge in [0, 0.05) is 17.7 Å². The molecule has 4 aliphatic rings. The second kappa shape index (κ2) is 6.66. The van der Waals surface area contributed by atoms with Crippen molar-refractivity contribution in [2.45, 2.75) is 57.4 Å². The van der Waals surface area contributed by atoms with Crippen LogP contribution in [0.5, 0.6) is 0 Å². The third-order valence-electron chi connectivity index (χ3n) is 6.59. The number of carbonyl (C=O) groups is 1. The standard InChI is InChI=1S/C20H25ClN4O2/c1-2-27-19(26)16-12-5-7-13(8-6-12)17(16)22-18-15-10-9-14(11-3-4-11)25(15)24-20(21)23-18/h9-13,16-17H,2-8H2,1H3,(H,22,23,24)/t12-,13+,16-,17-/m0/s1. The highest BCUT2D eigenvalue weighted by Gasteiger charge is 2.48. The van der Waals surface area contributed by atoms with Gasteiger partial charge in [-0.3, -0.25) is 4.79 Å². The Balaban J connectivity index is 1.50. The molecule has 0 spiro atoms. The van der Waals surface area contributed by atoms with E-state index in [9.17, 15) is 4.79 Å². The van der Waals surface area contributed by atoms with Crippen molar-refractivity contribution in [2.24, 2.45) is 17.8 Å². The van der Waals surface area contributed by atoms with Gasteiger partial charge in [0.25, 0.3) is 0 Å². The summed E-state index contributed by atoms with van der Waals surface area (Å²) in [5.41, 5.74) is 2.13. The average molecular weight is 389 g/mol. The van der Waals surface area contributed by atoms with Crippen LogP contribution in [0, 0.1) is 17.8 Å². The lowest BCUT2D eigenvalue weighted by atomic mass is 9.61. The number of rotatable bonds is 5. The van der Waals surface area contributed by atoms with E-state index in [1.165, 1.54) is 18.5 Å². The number of aromatic nitrogens is 3.